The Morgan fingerprint density at radius 2 is 1.35 bits per heavy atom. The summed E-state index contributed by atoms with van der Waals surface area (Å²) in [6.45, 7) is 4.79. The van der Waals surface area contributed by atoms with Gasteiger partial charge in [-0.15, -0.1) is 0 Å². The predicted molar refractivity (Wildman–Crippen MR) is 215 cm³/mol. The Morgan fingerprint density at radius 1 is 0.608 bits per heavy atom. The Labute approximate surface area is 299 Å². The molecule has 244 valence electrons. The maximum Gasteiger partial charge on any atom is 0.0749 e. The van der Waals surface area contributed by atoms with E-state index in [9.17, 15) is 0 Å². The van der Waals surface area contributed by atoms with Crippen molar-refractivity contribution in [2.24, 2.45) is 10.9 Å². The van der Waals surface area contributed by atoms with Gasteiger partial charge in [0.15, 0.2) is 0 Å². The fourth-order valence-corrected chi connectivity index (χ4v) is 8.93. The molecule has 0 saturated heterocycles. The van der Waals surface area contributed by atoms with Crippen molar-refractivity contribution in [3.63, 3.8) is 0 Å². The maximum atomic E-state index is 5.34. The van der Waals surface area contributed by atoms with E-state index in [-0.39, 0.29) is 11.3 Å². The SMILES string of the molecule is CC1(C)c2cc3c(cc2-c2c(-c4cccc(C5=C(c6ccccc6)N=C6/C=C\C=C/C5CC6)c4)cccc21)c1ccccc1n3-c1ccccc1. The predicted octanol–water partition coefficient (Wildman–Crippen LogP) is 12.6. The van der Waals surface area contributed by atoms with Crippen LogP contribution in [-0.2, 0) is 5.41 Å². The van der Waals surface area contributed by atoms with Crippen LogP contribution in [0.4, 0.5) is 0 Å². The average Bonchev–Trinajstić information content (AvgIpc) is 3.55. The smallest absolute Gasteiger partial charge is 0.0749 e. The van der Waals surface area contributed by atoms with Crippen LogP contribution >= 0.6 is 0 Å². The number of aliphatic imine (C=N–C) groups is 1. The average molecular weight is 655 g/mol. The minimum absolute atomic E-state index is 0.155. The van der Waals surface area contributed by atoms with Crippen molar-refractivity contribution in [3.05, 3.63) is 186 Å². The van der Waals surface area contributed by atoms with Crippen LogP contribution in [0.15, 0.2) is 169 Å². The van der Waals surface area contributed by atoms with Crippen molar-refractivity contribution in [1.29, 1.82) is 0 Å². The molecule has 1 atom stereocenters. The van der Waals surface area contributed by atoms with Gasteiger partial charge in [0.05, 0.1) is 16.7 Å². The summed E-state index contributed by atoms with van der Waals surface area (Å²) in [5.74, 6) is 0.276. The first-order valence-electron chi connectivity index (χ1n) is 18.2. The Morgan fingerprint density at radius 3 is 2.22 bits per heavy atom. The molecule has 0 amide bonds. The number of fused-ring (bicyclic) bond motifs is 9. The molecular formula is C49H38N2. The van der Waals surface area contributed by atoms with Gasteiger partial charge in [-0.1, -0.05) is 135 Å². The highest BCUT2D eigenvalue weighted by atomic mass is 15.0. The van der Waals surface area contributed by atoms with Gasteiger partial charge in [0.25, 0.3) is 0 Å². The highest BCUT2D eigenvalue weighted by Crippen LogP contribution is 2.54. The van der Waals surface area contributed by atoms with Gasteiger partial charge in [0, 0.05) is 39.1 Å². The minimum Gasteiger partial charge on any atom is -0.309 e. The molecule has 0 radical (unpaired) electrons. The normalized spacial score (nSPS) is 18.5. The van der Waals surface area contributed by atoms with Gasteiger partial charge in [-0.05, 0) is 99.8 Å². The minimum atomic E-state index is -0.155. The van der Waals surface area contributed by atoms with E-state index in [2.05, 4.69) is 182 Å². The fraction of sp³-hybridized carbons (Fsp3) is 0.122. The van der Waals surface area contributed by atoms with Gasteiger partial charge in [0.1, 0.15) is 0 Å². The van der Waals surface area contributed by atoms with E-state index in [1.165, 1.54) is 77.6 Å². The molecule has 1 aromatic heterocycles. The number of nitrogens with zero attached hydrogens (tertiary/aromatic N) is 2. The first kappa shape index (κ1) is 29.9. The van der Waals surface area contributed by atoms with Crippen LogP contribution in [0, 0.1) is 5.92 Å². The summed E-state index contributed by atoms with van der Waals surface area (Å²) in [6.07, 6.45) is 10.9. The molecule has 3 aliphatic rings. The largest absolute Gasteiger partial charge is 0.309 e. The summed E-state index contributed by atoms with van der Waals surface area (Å²) in [5.41, 5.74) is 17.4. The molecule has 0 fully saturated rings. The molecule has 1 aliphatic heterocycles. The molecule has 2 nitrogen and oxygen atoms in total. The highest BCUT2D eigenvalue weighted by molar-refractivity contribution is 6.12. The quantitative estimate of drug-likeness (QED) is 0.180. The third-order valence-corrected chi connectivity index (χ3v) is 11.4. The first-order chi connectivity index (χ1) is 25.1. The molecule has 10 rings (SSSR count). The number of aromatic nitrogens is 1. The number of para-hydroxylation sites is 2. The van der Waals surface area contributed by atoms with E-state index >= 15 is 0 Å². The third-order valence-electron chi connectivity index (χ3n) is 11.4. The molecule has 1 unspecified atom stereocenters. The summed E-state index contributed by atoms with van der Waals surface area (Å²) in [7, 11) is 0. The van der Waals surface area contributed by atoms with E-state index in [4.69, 9.17) is 4.99 Å². The molecular weight excluding hydrogens is 617 g/mol. The summed E-state index contributed by atoms with van der Waals surface area (Å²) in [5, 5.41) is 2.57. The Kier molecular flexibility index (Phi) is 6.76. The lowest BCUT2D eigenvalue weighted by Crippen LogP contribution is -2.15. The van der Waals surface area contributed by atoms with Crippen molar-refractivity contribution in [2.45, 2.75) is 32.1 Å². The van der Waals surface area contributed by atoms with E-state index < -0.39 is 0 Å². The fourth-order valence-electron chi connectivity index (χ4n) is 8.93. The summed E-state index contributed by atoms with van der Waals surface area (Å²) >= 11 is 0. The number of allylic oxidation sites excluding steroid dienone is 5. The van der Waals surface area contributed by atoms with Crippen molar-refractivity contribution < 1.29 is 0 Å². The van der Waals surface area contributed by atoms with Gasteiger partial charge >= 0.3 is 0 Å². The molecule has 6 aromatic carbocycles. The number of hydrogen-bond donors (Lipinski definition) is 0. The maximum absolute atomic E-state index is 5.34. The lowest BCUT2D eigenvalue weighted by Gasteiger charge is -2.22. The highest BCUT2D eigenvalue weighted by Gasteiger charge is 2.38. The Bertz CT molecular complexity index is 2640. The molecule has 0 spiro atoms. The second-order valence-electron chi connectivity index (χ2n) is 14.7. The van der Waals surface area contributed by atoms with Crippen LogP contribution in [0.2, 0.25) is 0 Å². The Hall–Kier alpha value is -5.99. The van der Waals surface area contributed by atoms with Crippen molar-refractivity contribution >= 4 is 38.8 Å². The van der Waals surface area contributed by atoms with Gasteiger partial charge in [-0.2, -0.15) is 0 Å². The molecule has 2 heteroatoms. The molecule has 0 saturated carbocycles. The van der Waals surface area contributed by atoms with Crippen LogP contribution in [0.5, 0.6) is 0 Å². The lowest BCUT2D eigenvalue weighted by atomic mass is 9.81. The summed E-state index contributed by atoms with van der Waals surface area (Å²) in [4.78, 5) is 5.34. The van der Waals surface area contributed by atoms with Crippen molar-refractivity contribution in [3.8, 4) is 27.9 Å². The number of hydrogen-bond acceptors (Lipinski definition) is 1. The van der Waals surface area contributed by atoms with E-state index in [1.54, 1.807) is 0 Å². The molecule has 2 heterocycles. The standard InChI is InChI=1S/C49H38N2/c1-49(2)42-25-14-24-38(47(42)41-30-40-39-23-11-12-26-44(39)51(45(40)31-43(41)49)37-21-7-4-8-22-37)34-18-13-19-35(29-34)46-32-15-9-10-20-36(28-27-32)50-48(46)33-16-5-3-6-17-33/h3-26,29-32H,27-28H2,1-2H3/b15-9-,20-10-. The first-order valence-corrected chi connectivity index (χ1v) is 18.2. The lowest BCUT2D eigenvalue weighted by molar-refractivity contribution is 0.661. The van der Waals surface area contributed by atoms with Crippen LogP contribution in [0.3, 0.4) is 0 Å². The van der Waals surface area contributed by atoms with Crippen LogP contribution in [0.25, 0.3) is 61.0 Å². The third kappa shape index (κ3) is 4.67. The van der Waals surface area contributed by atoms with Crippen LogP contribution < -0.4 is 0 Å². The van der Waals surface area contributed by atoms with Crippen molar-refractivity contribution in [1.82, 2.24) is 4.57 Å². The Balaban J connectivity index is 1.19. The molecule has 7 aromatic rings. The zero-order valence-electron chi connectivity index (χ0n) is 29.0. The summed E-state index contributed by atoms with van der Waals surface area (Å²) < 4.78 is 2.44. The van der Waals surface area contributed by atoms with Gasteiger partial charge in [-0.3, -0.25) is 4.99 Å². The second-order valence-corrected chi connectivity index (χ2v) is 14.7. The van der Waals surface area contributed by atoms with E-state index in [0.29, 0.717) is 0 Å². The van der Waals surface area contributed by atoms with Crippen LogP contribution in [0.1, 0.15) is 48.9 Å². The number of benzene rings is 6. The molecule has 2 aliphatic carbocycles. The van der Waals surface area contributed by atoms with Crippen molar-refractivity contribution in [2.75, 3.05) is 0 Å². The molecule has 0 N–H and O–H groups in total. The zero-order chi connectivity index (χ0) is 34.1. The molecule has 2 bridgehead atoms. The molecule has 51 heavy (non-hydrogen) atoms. The van der Waals surface area contributed by atoms with E-state index in [0.717, 1.165) is 24.3 Å². The topological polar surface area (TPSA) is 17.3 Å². The zero-order valence-corrected chi connectivity index (χ0v) is 29.0. The number of rotatable bonds is 4. The van der Waals surface area contributed by atoms with Gasteiger partial charge in [0.2, 0.25) is 0 Å². The summed E-state index contributed by atoms with van der Waals surface area (Å²) in [6, 6.07) is 51.5. The second kappa shape index (κ2) is 11.5. The monoisotopic (exact) mass is 654 g/mol. The van der Waals surface area contributed by atoms with E-state index in [1.807, 2.05) is 0 Å². The van der Waals surface area contributed by atoms with Gasteiger partial charge in [-0.25, -0.2) is 0 Å². The van der Waals surface area contributed by atoms with Crippen LogP contribution in [-0.4, -0.2) is 10.3 Å². The van der Waals surface area contributed by atoms with Gasteiger partial charge < -0.3 is 4.57 Å².